The number of halogens is 1. The van der Waals surface area contributed by atoms with Crippen LogP contribution in [-0.2, 0) is 33.5 Å². The van der Waals surface area contributed by atoms with Crippen molar-refractivity contribution in [3.05, 3.63) is 51.6 Å². The molecule has 20 heteroatoms. The van der Waals surface area contributed by atoms with Crippen LogP contribution in [0.5, 0.6) is 0 Å². The van der Waals surface area contributed by atoms with Gasteiger partial charge in [0, 0.05) is 24.6 Å². The molecular weight excluding hydrogens is 826 g/mol. The number of likely N-dealkylation sites (tertiary alicyclic amines) is 1. The number of amides is 6. The zero-order valence-corrected chi connectivity index (χ0v) is 36.2. The topological polar surface area (TPSA) is 287 Å². The van der Waals surface area contributed by atoms with Crippen LogP contribution in [0, 0.1) is 27.4 Å². The fourth-order valence-electron chi connectivity index (χ4n) is 8.62. The number of methoxy groups -OCH3 is 1. The van der Waals surface area contributed by atoms with Crippen molar-refractivity contribution < 1.29 is 57.5 Å². The summed E-state index contributed by atoms with van der Waals surface area (Å²) in [5.74, 6) is -7.79. The SMILES string of the molecule is COC(=O)/C=C/CC[C@H](NC(=O)c1cc([N+](=O)[O-])ccc1C(=O)O)C(=O)N[C@H](C(=O)N1C[C@@H](F)C[C@H]1C(=O)N[C@H](C(=O)N[C@H](C(N)=O)C1CCCCC1)C1CCCCC1)C(C)(C)C. The number of hydrogen-bond acceptors (Lipinski definition) is 11. The van der Waals surface area contributed by atoms with Crippen LogP contribution in [0.15, 0.2) is 30.4 Å². The lowest BCUT2D eigenvalue weighted by atomic mass is 9.81. The molecule has 0 unspecified atom stereocenters. The quantitative estimate of drug-likeness (QED) is 0.0537. The Bertz CT molecular complexity index is 1920. The van der Waals surface area contributed by atoms with Crippen LogP contribution >= 0.6 is 0 Å². The number of nitrogens with one attached hydrogen (secondary N) is 4. The van der Waals surface area contributed by atoms with Gasteiger partial charge in [-0.05, 0) is 61.8 Å². The van der Waals surface area contributed by atoms with Crippen molar-refractivity contribution in [1.29, 1.82) is 0 Å². The lowest BCUT2D eigenvalue weighted by Crippen LogP contribution is -2.62. The molecule has 1 heterocycles. The van der Waals surface area contributed by atoms with E-state index in [1.807, 2.05) is 0 Å². The summed E-state index contributed by atoms with van der Waals surface area (Å²) in [6.07, 6.45) is 8.05. The van der Waals surface area contributed by atoms with Gasteiger partial charge in [0.05, 0.1) is 29.7 Å². The molecular formula is C43H60FN7O12. The molecule has 0 aromatic heterocycles. The number of nitro groups is 1. The summed E-state index contributed by atoms with van der Waals surface area (Å²) in [7, 11) is 1.15. The standard InChI is InChI=1S/C43H60FN7O12/c1-43(2,3)35(49-38(55)30(17-11-12-18-32(52)63-4)46-37(54)29-22-27(51(61)62)19-20-28(29)42(59)60)41(58)50-23-26(44)21-31(50)39(56)48-34(25-15-9-6-10-16-25)40(57)47-33(36(45)53)24-13-7-5-8-14-24/h12,18-20,22,24-26,30-31,33-35H,5-11,13-17,21,23H2,1-4H3,(H2,45,53)(H,46,54)(H,47,57)(H,48,56)(H,49,55)(H,59,60)/b18-12+/t26-,30-,31-,33-,34-,35+/m0/s1. The zero-order chi connectivity index (χ0) is 46.6. The van der Waals surface area contributed by atoms with Crippen LogP contribution in [0.25, 0.3) is 0 Å². The summed E-state index contributed by atoms with van der Waals surface area (Å²) in [5.41, 5.74) is 2.85. The number of nitrogens with zero attached hydrogens (tertiary/aromatic N) is 2. The third kappa shape index (κ3) is 13.5. The summed E-state index contributed by atoms with van der Waals surface area (Å²) < 4.78 is 20.0. The first-order valence-electron chi connectivity index (χ1n) is 21.5. The van der Waals surface area contributed by atoms with Crippen LogP contribution in [0.3, 0.4) is 0 Å². The number of ether oxygens (including phenoxy) is 1. The highest BCUT2D eigenvalue weighted by molar-refractivity contribution is 6.07. The summed E-state index contributed by atoms with van der Waals surface area (Å²) in [4.78, 5) is 118. The van der Waals surface area contributed by atoms with Gasteiger partial charge in [-0.3, -0.25) is 38.9 Å². The van der Waals surface area contributed by atoms with Gasteiger partial charge in [0.25, 0.3) is 11.6 Å². The molecule has 6 atom stereocenters. The Hall–Kier alpha value is -5.95. The maximum absolute atomic E-state index is 15.4. The number of rotatable bonds is 18. The van der Waals surface area contributed by atoms with Gasteiger partial charge in [-0.1, -0.05) is 65.4 Å². The van der Waals surface area contributed by atoms with E-state index in [4.69, 9.17) is 5.73 Å². The first kappa shape index (κ1) is 49.7. The number of nitro benzene ring substituents is 1. The summed E-state index contributed by atoms with van der Waals surface area (Å²) in [5, 5.41) is 31.8. The largest absolute Gasteiger partial charge is 0.478 e. The van der Waals surface area contributed by atoms with E-state index in [1.54, 1.807) is 20.8 Å². The number of non-ortho nitro benzene ring substituents is 1. The Morgan fingerprint density at radius 1 is 0.905 bits per heavy atom. The lowest BCUT2D eigenvalue weighted by Gasteiger charge is -2.37. The molecule has 4 rings (SSSR count). The molecule has 1 aromatic carbocycles. The van der Waals surface area contributed by atoms with Crippen molar-refractivity contribution in [2.75, 3.05) is 13.7 Å². The fraction of sp³-hybridized carbons (Fsp3) is 0.628. The summed E-state index contributed by atoms with van der Waals surface area (Å²) in [6.45, 7) is 4.30. The number of carbonyl (C=O) groups is 8. The average molecular weight is 886 g/mol. The molecule has 1 saturated heterocycles. The first-order valence-corrected chi connectivity index (χ1v) is 21.5. The molecule has 346 valence electrons. The third-order valence-corrected chi connectivity index (χ3v) is 12.1. The van der Waals surface area contributed by atoms with E-state index in [0.717, 1.165) is 74.8 Å². The van der Waals surface area contributed by atoms with E-state index < -0.39 is 124 Å². The van der Waals surface area contributed by atoms with Gasteiger partial charge in [0.1, 0.15) is 36.4 Å². The number of alkyl halides is 1. The average Bonchev–Trinajstić information content (AvgIpc) is 3.65. The second-order valence-corrected chi connectivity index (χ2v) is 17.6. The van der Waals surface area contributed by atoms with Gasteiger partial charge < -0.3 is 41.7 Å². The second kappa shape index (κ2) is 22.4. The van der Waals surface area contributed by atoms with E-state index in [-0.39, 0.29) is 24.7 Å². The van der Waals surface area contributed by atoms with Crippen molar-refractivity contribution in [1.82, 2.24) is 26.2 Å². The number of aromatic carboxylic acids is 1. The first-order chi connectivity index (χ1) is 29.7. The molecule has 7 N–H and O–H groups in total. The maximum Gasteiger partial charge on any atom is 0.336 e. The Kier molecular flexibility index (Phi) is 17.7. The maximum atomic E-state index is 15.4. The zero-order valence-electron chi connectivity index (χ0n) is 36.2. The molecule has 2 aliphatic carbocycles. The van der Waals surface area contributed by atoms with Crippen molar-refractivity contribution in [3.63, 3.8) is 0 Å². The smallest absolute Gasteiger partial charge is 0.336 e. The highest BCUT2D eigenvalue weighted by Gasteiger charge is 2.47. The Balaban J connectivity index is 1.60. The van der Waals surface area contributed by atoms with Gasteiger partial charge in [0.15, 0.2) is 0 Å². The lowest BCUT2D eigenvalue weighted by molar-refractivity contribution is -0.384. The van der Waals surface area contributed by atoms with Crippen LogP contribution in [0.1, 0.15) is 125 Å². The highest BCUT2D eigenvalue weighted by Crippen LogP contribution is 2.31. The molecule has 6 amide bonds. The van der Waals surface area contributed by atoms with E-state index in [2.05, 4.69) is 26.0 Å². The van der Waals surface area contributed by atoms with Crippen molar-refractivity contribution in [2.45, 2.75) is 141 Å². The molecule has 0 spiro atoms. The van der Waals surface area contributed by atoms with Crippen LogP contribution in [0.2, 0.25) is 0 Å². The molecule has 19 nitrogen and oxygen atoms in total. The predicted octanol–water partition coefficient (Wildman–Crippen LogP) is 2.99. The predicted molar refractivity (Wildman–Crippen MR) is 224 cm³/mol. The Morgan fingerprint density at radius 3 is 2.05 bits per heavy atom. The minimum absolute atomic E-state index is 0.0309. The van der Waals surface area contributed by atoms with Crippen molar-refractivity contribution in [2.24, 2.45) is 23.0 Å². The molecule has 1 aromatic rings. The highest BCUT2D eigenvalue weighted by atomic mass is 19.1. The number of benzene rings is 1. The van der Waals surface area contributed by atoms with Gasteiger partial charge in [0.2, 0.25) is 29.5 Å². The monoisotopic (exact) mass is 885 g/mol. The van der Waals surface area contributed by atoms with E-state index in [0.29, 0.717) is 25.7 Å². The number of nitrogens with two attached hydrogens (primary N) is 1. The number of esters is 1. The van der Waals surface area contributed by atoms with Gasteiger partial charge in [-0.2, -0.15) is 0 Å². The molecule has 1 aliphatic heterocycles. The minimum atomic E-state index is -1.65. The number of hydrogen-bond donors (Lipinski definition) is 6. The van der Waals surface area contributed by atoms with Crippen molar-refractivity contribution >= 4 is 53.1 Å². The number of primary amides is 1. The minimum Gasteiger partial charge on any atom is -0.478 e. The molecule has 0 radical (unpaired) electrons. The Morgan fingerprint density at radius 2 is 1.51 bits per heavy atom. The van der Waals surface area contributed by atoms with Gasteiger partial charge in [-0.25, -0.2) is 14.0 Å². The van der Waals surface area contributed by atoms with Gasteiger partial charge in [-0.15, -0.1) is 0 Å². The van der Waals surface area contributed by atoms with E-state index >= 15 is 4.39 Å². The number of carboxylic acids is 1. The number of carboxylic acid groups (broad SMARTS) is 1. The van der Waals surface area contributed by atoms with E-state index in [1.165, 1.54) is 6.08 Å². The molecule has 63 heavy (non-hydrogen) atoms. The molecule has 0 bridgehead atoms. The van der Waals surface area contributed by atoms with Crippen LogP contribution < -0.4 is 27.0 Å². The summed E-state index contributed by atoms with van der Waals surface area (Å²) >= 11 is 0. The van der Waals surface area contributed by atoms with Gasteiger partial charge >= 0.3 is 11.9 Å². The van der Waals surface area contributed by atoms with Crippen molar-refractivity contribution in [3.8, 4) is 0 Å². The van der Waals surface area contributed by atoms with E-state index in [9.17, 15) is 53.6 Å². The van der Waals surface area contributed by atoms with Crippen LogP contribution in [-0.4, -0.2) is 112 Å². The normalized spacial score (nSPS) is 20.4. The molecule has 2 saturated carbocycles. The molecule has 3 aliphatic rings. The molecule has 3 fully saturated rings. The number of carbonyl (C=O) groups excluding carboxylic acids is 7. The summed E-state index contributed by atoms with van der Waals surface area (Å²) in [6, 6.07) is -3.92. The number of allylic oxidation sites excluding steroid dienone is 1. The third-order valence-electron chi connectivity index (χ3n) is 12.1. The Labute approximate surface area is 365 Å². The second-order valence-electron chi connectivity index (χ2n) is 17.6. The fourth-order valence-corrected chi connectivity index (χ4v) is 8.62. The van der Waals surface area contributed by atoms with Crippen LogP contribution in [0.4, 0.5) is 10.1 Å².